The number of carbonyl (C=O) groups excluding carboxylic acids is 1. The van der Waals surface area contributed by atoms with Crippen molar-refractivity contribution in [1.82, 2.24) is 15.2 Å². The molecule has 0 aliphatic carbocycles. The summed E-state index contributed by atoms with van der Waals surface area (Å²) in [6.07, 6.45) is 1.37. The number of nitrogens with one attached hydrogen (secondary N) is 3. The third-order valence-corrected chi connectivity index (χ3v) is 5.46. The van der Waals surface area contributed by atoms with Crippen molar-refractivity contribution in [2.24, 2.45) is 0 Å². The lowest BCUT2D eigenvalue weighted by Crippen LogP contribution is -2.44. The number of hydrogen-bond acceptors (Lipinski definition) is 6. The van der Waals surface area contributed by atoms with E-state index in [0.29, 0.717) is 30.0 Å². The Morgan fingerprint density at radius 3 is 2.46 bits per heavy atom. The first kappa shape index (κ1) is 27.9. The number of ether oxygens (including phenoxy) is 1. The summed E-state index contributed by atoms with van der Waals surface area (Å²) in [6.45, 7) is 2.25. The minimum Gasteiger partial charge on any atom is -0.384 e. The number of amides is 1. The fraction of sp³-hybridized carbons (Fsp3) is 0.320. The summed E-state index contributed by atoms with van der Waals surface area (Å²) in [5.41, 5.74) is 2.38. The van der Waals surface area contributed by atoms with Gasteiger partial charge in [-0.3, -0.25) is 14.7 Å². The number of morpholine rings is 1. The molecule has 0 bridgehead atoms. The van der Waals surface area contributed by atoms with Crippen LogP contribution in [0.15, 0.2) is 55.0 Å². The number of anilines is 1. The number of alkyl halides is 5. The quantitative estimate of drug-likeness (QED) is 0.245. The average Bonchev–Trinajstić information content (AvgIpc) is 2.87. The van der Waals surface area contributed by atoms with Crippen LogP contribution in [0, 0.1) is 5.41 Å². The van der Waals surface area contributed by atoms with Crippen molar-refractivity contribution in [2.45, 2.75) is 18.6 Å². The molecule has 1 aromatic carbocycles. The van der Waals surface area contributed by atoms with E-state index in [2.05, 4.69) is 15.2 Å². The first-order chi connectivity index (χ1) is 17.6. The van der Waals surface area contributed by atoms with Gasteiger partial charge in [0.2, 0.25) is 5.91 Å². The van der Waals surface area contributed by atoms with Gasteiger partial charge in [-0.1, -0.05) is 12.1 Å². The molecule has 0 saturated carbocycles. The molecule has 1 saturated heterocycles. The van der Waals surface area contributed by atoms with Gasteiger partial charge in [-0.25, -0.2) is 0 Å². The Kier molecular flexibility index (Phi) is 9.48. The lowest BCUT2D eigenvalue weighted by atomic mass is 10.0. The van der Waals surface area contributed by atoms with Crippen LogP contribution >= 0.6 is 0 Å². The average molecular weight is 524 g/mol. The first-order valence-electron chi connectivity index (χ1n) is 11.3. The van der Waals surface area contributed by atoms with Gasteiger partial charge < -0.3 is 20.8 Å². The SMILES string of the molecule is N=C/C(=C\NCC(F)(F)C(F)(F)F)c1ccncc1/C=C/C(=O)Nc1ccc(CN2CCOCC2)cc1. The van der Waals surface area contributed by atoms with Crippen LogP contribution in [0.4, 0.5) is 27.6 Å². The molecule has 1 aromatic heterocycles. The van der Waals surface area contributed by atoms with Crippen molar-refractivity contribution in [3.8, 4) is 0 Å². The van der Waals surface area contributed by atoms with E-state index in [0.717, 1.165) is 37.6 Å². The fourth-order valence-corrected chi connectivity index (χ4v) is 3.45. The second kappa shape index (κ2) is 12.5. The lowest BCUT2D eigenvalue weighted by Gasteiger charge is -2.26. The lowest BCUT2D eigenvalue weighted by molar-refractivity contribution is -0.278. The number of allylic oxidation sites excluding steroid dienone is 1. The third-order valence-electron chi connectivity index (χ3n) is 5.46. The zero-order chi connectivity index (χ0) is 26.9. The number of hydrogen-bond donors (Lipinski definition) is 3. The summed E-state index contributed by atoms with van der Waals surface area (Å²) in [5.74, 6) is -5.38. The Labute approximate surface area is 210 Å². The van der Waals surface area contributed by atoms with Gasteiger partial charge in [0.1, 0.15) is 0 Å². The van der Waals surface area contributed by atoms with Crippen LogP contribution in [0.5, 0.6) is 0 Å². The number of rotatable bonds is 10. The monoisotopic (exact) mass is 523 g/mol. The number of benzene rings is 1. The molecule has 1 aliphatic rings. The van der Waals surface area contributed by atoms with Crippen LogP contribution in [0.2, 0.25) is 0 Å². The highest BCUT2D eigenvalue weighted by atomic mass is 19.4. The summed E-state index contributed by atoms with van der Waals surface area (Å²) in [7, 11) is 0. The predicted molar refractivity (Wildman–Crippen MR) is 130 cm³/mol. The fourth-order valence-electron chi connectivity index (χ4n) is 3.45. The molecule has 37 heavy (non-hydrogen) atoms. The summed E-state index contributed by atoms with van der Waals surface area (Å²) < 4.78 is 68.7. The maximum Gasteiger partial charge on any atom is 0.455 e. The molecule has 0 radical (unpaired) electrons. The molecule has 0 spiro atoms. The molecule has 7 nitrogen and oxygen atoms in total. The Bertz CT molecular complexity index is 1130. The zero-order valence-corrected chi connectivity index (χ0v) is 19.7. The number of halogens is 5. The highest BCUT2D eigenvalue weighted by molar-refractivity contribution is 6.10. The van der Waals surface area contributed by atoms with Crippen LogP contribution < -0.4 is 10.6 Å². The predicted octanol–water partition coefficient (Wildman–Crippen LogP) is 4.34. The number of nitrogens with zero attached hydrogens (tertiary/aromatic N) is 2. The van der Waals surface area contributed by atoms with Crippen LogP contribution in [-0.4, -0.2) is 67.0 Å². The Balaban J connectivity index is 1.62. The highest BCUT2D eigenvalue weighted by Crippen LogP contribution is 2.34. The van der Waals surface area contributed by atoms with E-state index in [9.17, 15) is 26.7 Å². The maximum atomic E-state index is 13.1. The number of pyridine rings is 1. The van der Waals surface area contributed by atoms with Crippen molar-refractivity contribution >= 4 is 29.5 Å². The summed E-state index contributed by atoms with van der Waals surface area (Å²) in [4.78, 5) is 18.6. The van der Waals surface area contributed by atoms with Gasteiger partial charge in [-0.2, -0.15) is 22.0 Å². The molecule has 0 atom stereocenters. The molecule has 1 amide bonds. The van der Waals surface area contributed by atoms with E-state index < -0.39 is 24.6 Å². The van der Waals surface area contributed by atoms with Gasteiger partial charge in [-0.05, 0) is 35.4 Å². The van der Waals surface area contributed by atoms with Gasteiger partial charge >= 0.3 is 12.1 Å². The normalized spacial score (nSPS) is 15.5. The summed E-state index contributed by atoms with van der Waals surface area (Å²) in [5, 5.41) is 12.2. The smallest absolute Gasteiger partial charge is 0.384 e. The van der Waals surface area contributed by atoms with E-state index in [1.807, 2.05) is 17.4 Å². The van der Waals surface area contributed by atoms with Crippen LogP contribution in [-0.2, 0) is 16.1 Å². The minimum atomic E-state index is -5.69. The minimum absolute atomic E-state index is 0.0243. The largest absolute Gasteiger partial charge is 0.455 e. The Hall–Kier alpha value is -3.64. The molecule has 2 heterocycles. The summed E-state index contributed by atoms with van der Waals surface area (Å²) >= 11 is 0. The second-order valence-electron chi connectivity index (χ2n) is 8.20. The number of carbonyl (C=O) groups is 1. The van der Waals surface area contributed by atoms with E-state index in [1.54, 1.807) is 12.1 Å². The van der Waals surface area contributed by atoms with Crippen molar-refractivity contribution in [2.75, 3.05) is 38.2 Å². The maximum absolute atomic E-state index is 13.1. The van der Waals surface area contributed by atoms with Crippen molar-refractivity contribution in [1.29, 1.82) is 5.41 Å². The van der Waals surface area contributed by atoms with Crippen LogP contribution in [0.25, 0.3) is 11.6 Å². The van der Waals surface area contributed by atoms with E-state index in [-0.39, 0.29) is 5.57 Å². The highest BCUT2D eigenvalue weighted by Gasteiger charge is 2.57. The zero-order valence-electron chi connectivity index (χ0n) is 19.7. The van der Waals surface area contributed by atoms with Crippen molar-refractivity contribution in [3.05, 3.63) is 71.7 Å². The van der Waals surface area contributed by atoms with Crippen molar-refractivity contribution < 1.29 is 31.5 Å². The van der Waals surface area contributed by atoms with Crippen molar-refractivity contribution in [3.63, 3.8) is 0 Å². The molecule has 1 fully saturated rings. The topological polar surface area (TPSA) is 90.3 Å². The molecule has 1 aliphatic heterocycles. The molecule has 12 heteroatoms. The second-order valence-corrected chi connectivity index (χ2v) is 8.20. The summed E-state index contributed by atoms with van der Waals surface area (Å²) in [6, 6.07) is 8.87. The van der Waals surface area contributed by atoms with Crippen LogP contribution in [0.1, 0.15) is 16.7 Å². The molecule has 198 valence electrons. The Morgan fingerprint density at radius 2 is 1.81 bits per heavy atom. The third kappa shape index (κ3) is 8.19. The molecule has 2 aromatic rings. The molecular weight excluding hydrogens is 497 g/mol. The van der Waals surface area contributed by atoms with Gasteiger partial charge in [0.15, 0.2) is 0 Å². The first-order valence-corrected chi connectivity index (χ1v) is 11.3. The van der Waals surface area contributed by atoms with Gasteiger partial charge in [0, 0.05) is 67.3 Å². The molecule has 0 unspecified atom stereocenters. The molecule has 3 rings (SSSR count). The van der Waals surface area contributed by atoms with E-state index >= 15 is 0 Å². The van der Waals surface area contributed by atoms with Gasteiger partial charge in [-0.15, -0.1) is 0 Å². The Morgan fingerprint density at radius 1 is 1.11 bits per heavy atom. The van der Waals surface area contributed by atoms with Gasteiger partial charge in [0.25, 0.3) is 0 Å². The molecule has 3 N–H and O–H groups in total. The number of aromatic nitrogens is 1. The molecular formula is C25H26F5N5O2. The van der Waals surface area contributed by atoms with Gasteiger partial charge in [0.05, 0.1) is 19.8 Å². The van der Waals surface area contributed by atoms with E-state index in [4.69, 9.17) is 10.1 Å². The van der Waals surface area contributed by atoms with Crippen LogP contribution in [0.3, 0.4) is 0 Å². The van der Waals surface area contributed by atoms with E-state index in [1.165, 1.54) is 30.6 Å². The standard InChI is InChI=1S/C25H26F5N5O2/c26-24(27,25(28,29)30)17-33-15-20(13-31)22-7-8-32-14-19(22)3-6-23(36)34-21-4-1-18(2-5-21)16-35-9-11-37-12-10-35/h1-8,13-15,31,33H,9-12,16-17H2,(H,34,36)/b6-3+,20-15+,31-13?.